The van der Waals surface area contributed by atoms with Crippen LogP contribution >= 0.6 is 15.9 Å². The zero-order valence-corrected chi connectivity index (χ0v) is 21.9. The molecule has 0 spiro atoms. The van der Waals surface area contributed by atoms with Gasteiger partial charge in [0.25, 0.3) is 0 Å². The lowest BCUT2D eigenvalue weighted by atomic mass is 10.0. The average molecular weight is 548 g/mol. The molecule has 1 heterocycles. The standard InChI is InChI=1S/C29H26BrNO5/c1-4-34-26-16-19(14-23(30)27(26)35-17-25(32)21-8-6-5-7-9-21)15-24-29(33)36-28(31-24)22-12-10-20(11-13-22)18(2)3/h5-16,18H,4,17H2,1-3H3/b24-15-. The third-order valence-corrected chi connectivity index (χ3v) is 6.11. The minimum Gasteiger partial charge on any atom is -0.490 e. The van der Waals surface area contributed by atoms with E-state index in [0.29, 0.717) is 39.6 Å². The maximum Gasteiger partial charge on any atom is 0.363 e. The van der Waals surface area contributed by atoms with Gasteiger partial charge in [0.2, 0.25) is 5.90 Å². The van der Waals surface area contributed by atoms with Gasteiger partial charge in [-0.05, 0) is 70.2 Å². The highest BCUT2D eigenvalue weighted by Crippen LogP contribution is 2.38. The number of rotatable bonds is 9. The summed E-state index contributed by atoms with van der Waals surface area (Å²) in [5, 5.41) is 0. The summed E-state index contributed by atoms with van der Waals surface area (Å²) in [4.78, 5) is 29.4. The third-order valence-electron chi connectivity index (χ3n) is 5.52. The Balaban J connectivity index is 1.57. The Morgan fingerprint density at radius 1 is 1.06 bits per heavy atom. The van der Waals surface area contributed by atoms with E-state index in [4.69, 9.17) is 14.2 Å². The summed E-state index contributed by atoms with van der Waals surface area (Å²) in [6, 6.07) is 20.3. The lowest BCUT2D eigenvalue weighted by Crippen LogP contribution is -2.12. The van der Waals surface area contributed by atoms with Crippen molar-refractivity contribution in [1.82, 2.24) is 0 Å². The van der Waals surface area contributed by atoms with Gasteiger partial charge in [-0.1, -0.05) is 56.3 Å². The first kappa shape index (κ1) is 25.4. The molecule has 184 valence electrons. The second kappa shape index (κ2) is 11.4. The van der Waals surface area contributed by atoms with Gasteiger partial charge < -0.3 is 14.2 Å². The van der Waals surface area contributed by atoms with Gasteiger partial charge >= 0.3 is 5.97 Å². The number of hydrogen-bond acceptors (Lipinski definition) is 6. The first-order chi connectivity index (χ1) is 17.4. The van der Waals surface area contributed by atoms with Crippen molar-refractivity contribution in [1.29, 1.82) is 0 Å². The van der Waals surface area contributed by atoms with Crippen LogP contribution in [0.25, 0.3) is 6.08 Å². The maximum absolute atomic E-state index is 12.5. The molecule has 0 radical (unpaired) electrons. The molecule has 3 aromatic carbocycles. The van der Waals surface area contributed by atoms with E-state index < -0.39 is 5.97 Å². The molecule has 0 aromatic heterocycles. The highest BCUT2D eigenvalue weighted by Gasteiger charge is 2.25. The van der Waals surface area contributed by atoms with Crippen molar-refractivity contribution in [2.45, 2.75) is 26.7 Å². The molecule has 3 aromatic rings. The molecular formula is C29H26BrNO5. The van der Waals surface area contributed by atoms with Crippen LogP contribution < -0.4 is 9.47 Å². The van der Waals surface area contributed by atoms with Crippen molar-refractivity contribution in [3.63, 3.8) is 0 Å². The predicted octanol–water partition coefficient (Wildman–Crippen LogP) is 6.58. The Kier molecular flexibility index (Phi) is 8.00. The van der Waals surface area contributed by atoms with Gasteiger partial charge in [0.05, 0.1) is 11.1 Å². The first-order valence-electron chi connectivity index (χ1n) is 11.7. The number of halogens is 1. The fraction of sp³-hybridized carbons (Fsp3) is 0.207. The minimum absolute atomic E-state index is 0.140. The topological polar surface area (TPSA) is 74.2 Å². The number of hydrogen-bond donors (Lipinski definition) is 0. The van der Waals surface area contributed by atoms with Gasteiger partial charge in [0.15, 0.2) is 29.6 Å². The fourth-order valence-corrected chi connectivity index (χ4v) is 4.19. The number of nitrogens with zero attached hydrogens (tertiary/aromatic N) is 1. The number of esters is 1. The van der Waals surface area contributed by atoms with Crippen molar-refractivity contribution in [3.8, 4) is 11.5 Å². The molecule has 0 fully saturated rings. The molecule has 36 heavy (non-hydrogen) atoms. The van der Waals surface area contributed by atoms with Crippen LogP contribution in [-0.4, -0.2) is 30.9 Å². The number of benzene rings is 3. The quantitative estimate of drug-likeness (QED) is 0.172. The number of carbonyl (C=O) groups excluding carboxylic acids is 2. The van der Waals surface area contributed by atoms with Crippen LogP contribution in [0.2, 0.25) is 0 Å². The van der Waals surface area contributed by atoms with E-state index in [-0.39, 0.29) is 24.0 Å². The van der Waals surface area contributed by atoms with Gasteiger partial charge in [0, 0.05) is 11.1 Å². The van der Waals surface area contributed by atoms with Gasteiger partial charge in [-0.25, -0.2) is 9.79 Å². The molecule has 7 heteroatoms. The molecule has 1 aliphatic rings. The van der Waals surface area contributed by atoms with Crippen LogP contribution in [0, 0.1) is 0 Å². The second-order valence-corrected chi connectivity index (χ2v) is 9.31. The SMILES string of the molecule is CCOc1cc(/C=C2\N=C(c3ccc(C(C)C)cc3)OC2=O)cc(Br)c1OCC(=O)c1ccccc1. The third kappa shape index (κ3) is 5.91. The normalized spacial score (nSPS) is 14.1. The molecule has 0 atom stereocenters. The smallest absolute Gasteiger partial charge is 0.363 e. The molecule has 1 aliphatic heterocycles. The number of Topliss-reactive ketones (excluding diaryl/α,β-unsaturated/α-hetero) is 1. The molecule has 0 saturated heterocycles. The monoisotopic (exact) mass is 547 g/mol. The summed E-state index contributed by atoms with van der Waals surface area (Å²) >= 11 is 3.51. The van der Waals surface area contributed by atoms with Crippen molar-refractivity contribution in [2.24, 2.45) is 4.99 Å². The Morgan fingerprint density at radius 3 is 2.44 bits per heavy atom. The van der Waals surface area contributed by atoms with Gasteiger partial charge in [-0.15, -0.1) is 0 Å². The molecule has 0 N–H and O–H groups in total. The number of aliphatic imine (C=N–C) groups is 1. The summed E-state index contributed by atoms with van der Waals surface area (Å²) in [6.45, 7) is 6.35. The molecule has 0 unspecified atom stereocenters. The minimum atomic E-state index is -0.527. The summed E-state index contributed by atoms with van der Waals surface area (Å²) in [5.41, 5.74) is 3.35. The van der Waals surface area contributed by atoms with E-state index >= 15 is 0 Å². The highest BCUT2D eigenvalue weighted by molar-refractivity contribution is 9.10. The Hall–Kier alpha value is -3.71. The second-order valence-electron chi connectivity index (χ2n) is 8.45. The van der Waals surface area contributed by atoms with Crippen LogP contribution in [0.3, 0.4) is 0 Å². The van der Waals surface area contributed by atoms with Gasteiger partial charge in [0.1, 0.15) is 0 Å². The van der Waals surface area contributed by atoms with Crippen molar-refractivity contribution in [2.75, 3.05) is 13.2 Å². The summed E-state index contributed by atoms with van der Waals surface area (Å²) in [7, 11) is 0. The van der Waals surface area contributed by atoms with Gasteiger partial charge in [-0.3, -0.25) is 4.79 Å². The summed E-state index contributed by atoms with van der Waals surface area (Å²) in [6.07, 6.45) is 1.63. The number of ketones is 1. The van der Waals surface area contributed by atoms with Gasteiger partial charge in [-0.2, -0.15) is 0 Å². The molecule has 0 bridgehead atoms. The van der Waals surface area contributed by atoms with Crippen LogP contribution in [-0.2, 0) is 9.53 Å². The van der Waals surface area contributed by atoms with E-state index in [1.54, 1.807) is 42.5 Å². The first-order valence-corrected chi connectivity index (χ1v) is 12.4. The highest BCUT2D eigenvalue weighted by atomic mass is 79.9. The Labute approximate surface area is 218 Å². The lowest BCUT2D eigenvalue weighted by molar-refractivity contribution is -0.129. The summed E-state index contributed by atoms with van der Waals surface area (Å²) in [5.74, 6) is 0.856. The average Bonchev–Trinajstić information content (AvgIpc) is 3.24. The lowest BCUT2D eigenvalue weighted by Gasteiger charge is -2.14. The molecular weight excluding hydrogens is 522 g/mol. The molecule has 0 saturated carbocycles. The van der Waals surface area contributed by atoms with Crippen LogP contribution in [0.15, 0.2) is 81.9 Å². The van der Waals surface area contributed by atoms with E-state index in [9.17, 15) is 9.59 Å². The van der Waals surface area contributed by atoms with Crippen LogP contribution in [0.1, 0.15) is 53.7 Å². The van der Waals surface area contributed by atoms with Crippen LogP contribution in [0.5, 0.6) is 11.5 Å². The number of cyclic esters (lactones) is 1. The largest absolute Gasteiger partial charge is 0.490 e. The predicted molar refractivity (Wildman–Crippen MR) is 143 cm³/mol. The van der Waals surface area contributed by atoms with Crippen LogP contribution in [0.4, 0.5) is 0 Å². The van der Waals surface area contributed by atoms with Crippen molar-refractivity contribution in [3.05, 3.63) is 99.2 Å². The molecule has 0 aliphatic carbocycles. The number of carbonyl (C=O) groups is 2. The van der Waals surface area contributed by atoms with E-state index in [2.05, 4.69) is 34.8 Å². The number of ether oxygens (including phenoxy) is 3. The fourth-order valence-electron chi connectivity index (χ4n) is 3.62. The Bertz CT molecular complexity index is 1330. The van der Waals surface area contributed by atoms with Crippen molar-refractivity contribution < 1.29 is 23.8 Å². The summed E-state index contributed by atoms with van der Waals surface area (Å²) < 4.78 is 17.6. The van der Waals surface area contributed by atoms with Crippen molar-refractivity contribution >= 4 is 39.7 Å². The Morgan fingerprint density at radius 2 is 1.78 bits per heavy atom. The van der Waals surface area contributed by atoms with E-state index in [1.807, 2.05) is 37.3 Å². The zero-order valence-electron chi connectivity index (χ0n) is 20.3. The molecule has 4 rings (SSSR count). The molecule has 0 amide bonds. The molecule has 6 nitrogen and oxygen atoms in total. The van der Waals surface area contributed by atoms with E-state index in [1.165, 1.54) is 5.56 Å². The zero-order chi connectivity index (χ0) is 25.7. The maximum atomic E-state index is 12.5. The van der Waals surface area contributed by atoms with E-state index in [0.717, 1.165) is 5.56 Å².